The summed E-state index contributed by atoms with van der Waals surface area (Å²) in [6.07, 6.45) is 0.779. The molecule has 0 spiro atoms. The lowest BCUT2D eigenvalue weighted by Gasteiger charge is -2.22. The molecule has 1 aliphatic rings. The molecule has 1 aliphatic carbocycles. The van der Waals surface area contributed by atoms with Crippen molar-refractivity contribution in [2.75, 3.05) is 7.05 Å². The van der Waals surface area contributed by atoms with Crippen molar-refractivity contribution >= 4 is 12.2 Å². The fourth-order valence-corrected chi connectivity index (χ4v) is 3.34. The lowest BCUT2D eigenvalue weighted by Crippen LogP contribution is -2.34. The molecule has 6 heteroatoms. The Balaban J connectivity index is 1.63. The topological polar surface area (TPSA) is 67.9 Å². The summed E-state index contributed by atoms with van der Waals surface area (Å²) >= 11 is 0. The number of carbonyl (C=O) groups excluding carboxylic acids is 2. The van der Waals surface area contributed by atoms with Gasteiger partial charge in [0.25, 0.3) is 0 Å². The minimum Gasteiger partial charge on any atom is -0.444 e. The number of hydrogen-bond acceptors (Lipinski definition) is 4. The number of nitrogens with one attached hydrogen (secondary N) is 1. The molecule has 0 fully saturated rings. The second-order valence-electron chi connectivity index (χ2n) is 8.31. The van der Waals surface area contributed by atoms with E-state index < -0.39 is 17.8 Å². The number of fused-ring (bicyclic) bond motifs is 1. The number of rotatable bonds is 4. The van der Waals surface area contributed by atoms with Crippen molar-refractivity contribution in [2.24, 2.45) is 0 Å². The maximum absolute atomic E-state index is 12.4. The van der Waals surface area contributed by atoms with Crippen LogP contribution in [-0.4, -0.2) is 29.7 Å². The molecule has 0 radical (unpaired) electrons. The van der Waals surface area contributed by atoms with E-state index in [-0.39, 0.29) is 6.04 Å². The molecule has 3 rings (SSSR count). The van der Waals surface area contributed by atoms with E-state index in [0.717, 1.165) is 29.5 Å². The minimum atomic E-state index is -0.549. The van der Waals surface area contributed by atoms with Crippen LogP contribution in [0.1, 0.15) is 49.9 Å². The fraction of sp³-hybridized carbons (Fsp3) is 0.391. The second-order valence-corrected chi connectivity index (χ2v) is 8.31. The van der Waals surface area contributed by atoms with Crippen LogP contribution in [0.25, 0.3) is 0 Å². The predicted octanol–water partition coefficient (Wildman–Crippen LogP) is 4.83. The van der Waals surface area contributed by atoms with E-state index in [0.29, 0.717) is 12.3 Å². The Morgan fingerprint density at radius 2 is 1.86 bits per heavy atom. The van der Waals surface area contributed by atoms with Crippen LogP contribution in [0.5, 0.6) is 5.75 Å². The van der Waals surface area contributed by atoms with Crippen molar-refractivity contribution in [1.29, 1.82) is 0 Å². The third-order valence-corrected chi connectivity index (χ3v) is 4.67. The van der Waals surface area contributed by atoms with E-state index >= 15 is 0 Å². The molecule has 0 aromatic heterocycles. The first-order valence-corrected chi connectivity index (χ1v) is 9.80. The molecule has 1 unspecified atom stereocenters. The highest BCUT2D eigenvalue weighted by atomic mass is 16.6. The van der Waals surface area contributed by atoms with Crippen LogP contribution in [0.4, 0.5) is 9.59 Å². The van der Waals surface area contributed by atoms with E-state index in [4.69, 9.17) is 9.47 Å². The SMILES string of the molecule is CN(Cc1ccccc1)C(=O)Oc1ccc2c(c1)C(NC(=O)OC(C)(C)C)CC2. The zero-order chi connectivity index (χ0) is 21.0. The molecule has 2 aromatic rings. The van der Waals surface area contributed by atoms with Gasteiger partial charge < -0.3 is 19.7 Å². The third-order valence-electron chi connectivity index (χ3n) is 4.67. The average molecular weight is 396 g/mol. The molecule has 1 atom stereocenters. The van der Waals surface area contributed by atoms with E-state index in [1.165, 1.54) is 4.90 Å². The highest BCUT2D eigenvalue weighted by molar-refractivity contribution is 5.71. The monoisotopic (exact) mass is 396 g/mol. The van der Waals surface area contributed by atoms with Gasteiger partial charge in [-0.3, -0.25) is 0 Å². The Hall–Kier alpha value is -3.02. The minimum absolute atomic E-state index is 0.152. The van der Waals surface area contributed by atoms with Crippen LogP contribution < -0.4 is 10.1 Å². The summed E-state index contributed by atoms with van der Waals surface area (Å²) in [7, 11) is 1.70. The molecule has 2 aromatic carbocycles. The molecule has 0 bridgehead atoms. The van der Waals surface area contributed by atoms with Crippen molar-refractivity contribution in [2.45, 2.75) is 51.8 Å². The van der Waals surface area contributed by atoms with E-state index in [1.54, 1.807) is 13.1 Å². The van der Waals surface area contributed by atoms with Gasteiger partial charge in [-0.15, -0.1) is 0 Å². The highest BCUT2D eigenvalue weighted by Gasteiger charge is 2.27. The van der Waals surface area contributed by atoms with Crippen LogP contribution in [0.15, 0.2) is 48.5 Å². The van der Waals surface area contributed by atoms with Crippen molar-refractivity contribution in [1.82, 2.24) is 10.2 Å². The Labute approximate surface area is 171 Å². The van der Waals surface area contributed by atoms with Crippen LogP contribution in [0.2, 0.25) is 0 Å². The first-order valence-electron chi connectivity index (χ1n) is 9.80. The van der Waals surface area contributed by atoms with Crippen molar-refractivity contribution < 1.29 is 19.1 Å². The molecule has 6 nitrogen and oxygen atoms in total. The first-order chi connectivity index (χ1) is 13.7. The first kappa shape index (κ1) is 20.7. The van der Waals surface area contributed by atoms with Gasteiger partial charge in [-0.1, -0.05) is 36.4 Å². The molecule has 1 N–H and O–H groups in total. The number of aryl methyl sites for hydroxylation is 1. The van der Waals surface area contributed by atoms with E-state index in [9.17, 15) is 9.59 Å². The van der Waals surface area contributed by atoms with Gasteiger partial charge >= 0.3 is 12.2 Å². The zero-order valence-corrected chi connectivity index (χ0v) is 17.4. The summed E-state index contributed by atoms with van der Waals surface area (Å²) < 4.78 is 10.9. The summed E-state index contributed by atoms with van der Waals surface area (Å²) in [6.45, 7) is 5.96. The summed E-state index contributed by atoms with van der Waals surface area (Å²) in [5.41, 5.74) is 2.59. The number of carbonyl (C=O) groups is 2. The van der Waals surface area contributed by atoms with Crippen molar-refractivity contribution in [3.05, 3.63) is 65.2 Å². The van der Waals surface area contributed by atoms with Gasteiger partial charge in [0.15, 0.2) is 0 Å². The predicted molar refractivity (Wildman–Crippen MR) is 111 cm³/mol. The van der Waals surface area contributed by atoms with Gasteiger partial charge in [0, 0.05) is 13.6 Å². The van der Waals surface area contributed by atoms with Crippen LogP contribution in [0, 0.1) is 0 Å². The fourth-order valence-electron chi connectivity index (χ4n) is 3.34. The van der Waals surface area contributed by atoms with Gasteiger partial charge in [0.2, 0.25) is 0 Å². The molecule has 29 heavy (non-hydrogen) atoms. The molecule has 0 heterocycles. The lowest BCUT2D eigenvalue weighted by molar-refractivity contribution is 0.0503. The summed E-state index contributed by atoms with van der Waals surface area (Å²) in [5.74, 6) is 0.464. The van der Waals surface area contributed by atoms with Gasteiger partial charge in [-0.25, -0.2) is 9.59 Å². The van der Waals surface area contributed by atoms with Gasteiger partial charge in [0.05, 0.1) is 6.04 Å². The number of alkyl carbamates (subject to hydrolysis) is 1. The molecular weight excluding hydrogens is 368 g/mol. The van der Waals surface area contributed by atoms with Gasteiger partial charge in [-0.05, 0) is 62.4 Å². The maximum Gasteiger partial charge on any atom is 0.415 e. The number of nitrogens with zero attached hydrogens (tertiary/aromatic N) is 1. The van der Waals surface area contributed by atoms with Crippen molar-refractivity contribution in [3.8, 4) is 5.75 Å². The number of hydrogen-bond donors (Lipinski definition) is 1. The Morgan fingerprint density at radius 1 is 1.14 bits per heavy atom. The summed E-state index contributed by atoms with van der Waals surface area (Å²) in [4.78, 5) is 26.1. The highest BCUT2D eigenvalue weighted by Crippen LogP contribution is 2.34. The molecular formula is C23H28N2O4. The van der Waals surface area contributed by atoms with Gasteiger partial charge in [-0.2, -0.15) is 0 Å². The summed E-state index contributed by atoms with van der Waals surface area (Å²) in [6, 6.07) is 15.2. The molecule has 0 saturated heterocycles. The molecule has 2 amide bonds. The Morgan fingerprint density at radius 3 is 2.55 bits per heavy atom. The van der Waals surface area contributed by atoms with Crippen LogP contribution >= 0.6 is 0 Å². The zero-order valence-electron chi connectivity index (χ0n) is 17.4. The molecule has 154 valence electrons. The maximum atomic E-state index is 12.4. The van der Waals surface area contributed by atoms with Crippen molar-refractivity contribution in [3.63, 3.8) is 0 Å². The van der Waals surface area contributed by atoms with E-state index in [2.05, 4.69) is 5.32 Å². The van der Waals surface area contributed by atoms with Crippen LogP contribution in [-0.2, 0) is 17.7 Å². The van der Waals surface area contributed by atoms with E-state index in [1.807, 2.05) is 63.2 Å². The smallest absolute Gasteiger partial charge is 0.415 e. The quantitative estimate of drug-likeness (QED) is 0.804. The normalized spacial score (nSPS) is 15.4. The lowest BCUT2D eigenvalue weighted by atomic mass is 10.1. The molecule has 0 saturated carbocycles. The third kappa shape index (κ3) is 5.73. The molecule has 0 aliphatic heterocycles. The van der Waals surface area contributed by atoms with Crippen LogP contribution in [0.3, 0.4) is 0 Å². The number of benzene rings is 2. The number of ether oxygens (including phenoxy) is 2. The summed E-state index contributed by atoms with van der Waals surface area (Å²) in [5, 5.41) is 2.92. The second kappa shape index (κ2) is 8.55. The average Bonchev–Trinajstić information content (AvgIpc) is 3.03. The Bertz CT molecular complexity index is 874. The Kier molecular flexibility index (Phi) is 6.11. The van der Waals surface area contributed by atoms with Gasteiger partial charge in [0.1, 0.15) is 11.4 Å². The largest absolute Gasteiger partial charge is 0.444 e. The number of amides is 2. The standard InChI is InChI=1S/C23H28N2O4/c1-23(2,3)29-21(26)24-20-13-11-17-10-12-18(14-19(17)20)28-22(27)25(4)15-16-8-6-5-7-9-16/h5-10,12,14,20H,11,13,15H2,1-4H3,(H,24,26).